The molecule has 0 aliphatic rings. The van der Waals surface area contributed by atoms with Crippen molar-refractivity contribution in [1.82, 2.24) is 10.3 Å². The first-order valence-electron chi connectivity index (χ1n) is 6.75. The molecule has 1 heterocycles. The van der Waals surface area contributed by atoms with E-state index in [0.29, 0.717) is 10.7 Å². The van der Waals surface area contributed by atoms with Gasteiger partial charge in [-0.25, -0.2) is 4.98 Å². The molecule has 106 valence electrons. The SMILES string of the molecule is CCCC(C)(C)NC(=O)c1cc(Cl)nc(C(C)C)c1. The predicted molar refractivity (Wildman–Crippen MR) is 79.8 cm³/mol. The predicted octanol–water partition coefficient (Wildman–Crippen LogP) is 4.17. The van der Waals surface area contributed by atoms with Crippen LogP contribution in [-0.2, 0) is 0 Å². The highest BCUT2D eigenvalue weighted by atomic mass is 35.5. The summed E-state index contributed by atoms with van der Waals surface area (Å²) in [5.41, 5.74) is 1.21. The molecule has 0 aliphatic heterocycles. The van der Waals surface area contributed by atoms with Gasteiger partial charge in [-0.3, -0.25) is 4.79 Å². The number of amides is 1. The zero-order valence-electron chi connectivity index (χ0n) is 12.4. The van der Waals surface area contributed by atoms with Crippen LogP contribution in [0.2, 0.25) is 5.15 Å². The Morgan fingerprint density at radius 2 is 2.05 bits per heavy atom. The van der Waals surface area contributed by atoms with Gasteiger partial charge in [0.2, 0.25) is 0 Å². The first-order chi connectivity index (χ1) is 8.75. The summed E-state index contributed by atoms with van der Waals surface area (Å²) in [5.74, 6) is 0.151. The van der Waals surface area contributed by atoms with Gasteiger partial charge in [0.25, 0.3) is 5.91 Å². The molecule has 0 saturated heterocycles. The van der Waals surface area contributed by atoms with Crippen molar-refractivity contribution >= 4 is 17.5 Å². The monoisotopic (exact) mass is 282 g/mol. The fraction of sp³-hybridized carbons (Fsp3) is 0.600. The van der Waals surface area contributed by atoms with Crippen LogP contribution in [0.3, 0.4) is 0 Å². The summed E-state index contributed by atoms with van der Waals surface area (Å²) >= 11 is 5.98. The van der Waals surface area contributed by atoms with E-state index in [9.17, 15) is 4.79 Å². The van der Waals surface area contributed by atoms with Crippen molar-refractivity contribution in [3.63, 3.8) is 0 Å². The molecule has 0 spiro atoms. The molecule has 0 bridgehead atoms. The van der Waals surface area contributed by atoms with Gasteiger partial charge < -0.3 is 5.32 Å². The van der Waals surface area contributed by atoms with E-state index >= 15 is 0 Å². The highest BCUT2D eigenvalue weighted by Gasteiger charge is 2.21. The molecule has 1 amide bonds. The summed E-state index contributed by atoms with van der Waals surface area (Å²) in [4.78, 5) is 16.5. The number of carbonyl (C=O) groups excluding carboxylic acids is 1. The summed E-state index contributed by atoms with van der Waals surface area (Å²) in [6.07, 6.45) is 1.97. The first-order valence-corrected chi connectivity index (χ1v) is 7.13. The molecule has 0 saturated carbocycles. The van der Waals surface area contributed by atoms with Crippen molar-refractivity contribution in [3.8, 4) is 0 Å². The lowest BCUT2D eigenvalue weighted by molar-refractivity contribution is 0.0909. The Morgan fingerprint density at radius 3 is 2.58 bits per heavy atom. The van der Waals surface area contributed by atoms with Gasteiger partial charge in [-0.05, 0) is 38.3 Å². The van der Waals surface area contributed by atoms with Crippen molar-refractivity contribution in [1.29, 1.82) is 0 Å². The van der Waals surface area contributed by atoms with E-state index in [-0.39, 0.29) is 17.4 Å². The largest absolute Gasteiger partial charge is 0.347 e. The molecular weight excluding hydrogens is 260 g/mol. The lowest BCUT2D eigenvalue weighted by atomic mass is 9.98. The van der Waals surface area contributed by atoms with E-state index < -0.39 is 0 Å². The van der Waals surface area contributed by atoms with Gasteiger partial charge in [0.1, 0.15) is 5.15 Å². The fourth-order valence-corrected chi connectivity index (χ4v) is 2.23. The van der Waals surface area contributed by atoms with Crippen LogP contribution < -0.4 is 5.32 Å². The smallest absolute Gasteiger partial charge is 0.251 e. The zero-order chi connectivity index (χ0) is 14.6. The average molecular weight is 283 g/mol. The van der Waals surface area contributed by atoms with Crippen LogP contribution in [-0.4, -0.2) is 16.4 Å². The molecule has 0 aromatic carbocycles. The lowest BCUT2D eigenvalue weighted by Crippen LogP contribution is -2.43. The lowest BCUT2D eigenvalue weighted by Gasteiger charge is -2.26. The summed E-state index contributed by atoms with van der Waals surface area (Å²) < 4.78 is 0. The van der Waals surface area contributed by atoms with Crippen molar-refractivity contribution in [2.45, 2.75) is 58.9 Å². The quantitative estimate of drug-likeness (QED) is 0.824. The van der Waals surface area contributed by atoms with Crippen LogP contribution in [0.4, 0.5) is 0 Å². The molecule has 1 rings (SSSR count). The fourth-order valence-electron chi connectivity index (χ4n) is 2.01. The number of hydrogen-bond donors (Lipinski definition) is 1. The van der Waals surface area contributed by atoms with E-state index in [4.69, 9.17) is 11.6 Å². The van der Waals surface area contributed by atoms with E-state index in [1.54, 1.807) is 6.07 Å². The molecule has 4 heteroatoms. The summed E-state index contributed by atoms with van der Waals surface area (Å²) in [6, 6.07) is 3.43. The molecule has 0 fully saturated rings. The number of nitrogens with one attached hydrogen (secondary N) is 1. The Bertz CT molecular complexity index is 455. The van der Waals surface area contributed by atoms with Crippen LogP contribution in [0, 0.1) is 0 Å². The normalized spacial score (nSPS) is 11.7. The zero-order valence-corrected chi connectivity index (χ0v) is 13.1. The minimum absolute atomic E-state index is 0.0929. The number of rotatable bonds is 5. The van der Waals surface area contributed by atoms with Crippen LogP contribution in [0.25, 0.3) is 0 Å². The maximum absolute atomic E-state index is 12.3. The first kappa shape index (κ1) is 16.0. The van der Waals surface area contributed by atoms with Crippen molar-refractivity contribution < 1.29 is 4.79 Å². The van der Waals surface area contributed by atoms with Crippen molar-refractivity contribution in [2.24, 2.45) is 0 Å². The third-order valence-electron chi connectivity index (χ3n) is 2.99. The minimum Gasteiger partial charge on any atom is -0.347 e. The molecule has 1 N–H and O–H groups in total. The molecule has 0 unspecified atom stereocenters. The third-order valence-corrected chi connectivity index (χ3v) is 3.19. The molecule has 0 atom stereocenters. The van der Waals surface area contributed by atoms with Gasteiger partial charge in [-0.2, -0.15) is 0 Å². The van der Waals surface area contributed by atoms with Crippen molar-refractivity contribution in [2.75, 3.05) is 0 Å². The van der Waals surface area contributed by atoms with Crippen LogP contribution in [0.5, 0.6) is 0 Å². The molecule has 3 nitrogen and oxygen atoms in total. The van der Waals surface area contributed by atoms with Gasteiger partial charge >= 0.3 is 0 Å². The number of nitrogens with zero attached hydrogens (tertiary/aromatic N) is 1. The van der Waals surface area contributed by atoms with Gasteiger partial charge in [0.05, 0.1) is 0 Å². The van der Waals surface area contributed by atoms with Crippen molar-refractivity contribution in [3.05, 3.63) is 28.5 Å². The number of halogens is 1. The number of carbonyl (C=O) groups is 1. The van der Waals surface area contributed by atoms with Gasteiger partial charge in [-0.15, -0.1) is 0 Å². The van der Waals surface area contributed by atoms with Gasteiger partial charge in [0, 0.05) is 16.8 Å². The number of aromatic nitrogens is 1. The molecular formula is C15H23ClN2O. The molecule has 0 radical (unpaired) electrons. The maximum Gasteiger partial charge on any atom is 0.251 e. The van der Waals surface area contributed by atoms with Gasteiger partial charge in [0.15, 0.2) is 0 Å². The van der Waals surface area contributed by atoms with Crippen LogP contribution >= 0.6 is 11.6 Å². The summed E-state index contributed by atoms with van der Waals surface area (Å²) in [6.45, 7) is 10.2. The highest BCUT2D eigenvalue weighted by Crippen LogP contribution is 2.19. The summed E-state index contributed by atoms with van der Waals surface area (Å²) in [7, 11) is 0. The Hall–Kier alpha value is -1.09. The van der Waals surface area contributed by atoms with E-state index in [0.717, 1.165) is 18.5 Å². The second-order valence-corrected chi connectivity index (χ2v) is 6.23. The van der Waals surface area contributed by atoms with E-state index in [2.05, 4.69) is 17.2 Å². The second-order valence-electron chi connectivity index (χ2n) is 5.85. The third kappa shape index (κ3) is 4.83. The second kappa shape index (κ2) is 6.38. The minimum atomic E-state index is -0.209. The number of hydrogen-bond acceptors (Lipinski definition) is 2. The van der Waals surface area contributed by atoms with E-state index in [1.807, 2.05) is 33.8 Å². The molecule has 1 aromatic heterocycles. The molecule has 1 aromatic rings. The van der Waals surface area contributed by atoms with Crippen LogP contribution in [0.1, 0.15) is 69.4 Å². The number of pyridine rings is 1. The molecule has 0 aliphatic carbocycles. The van der Waals surface area contributed by atoms with E-state index in [1.165, 1.54) is 0 Å². The highest BCUT2D eigenvalue weighted by molar-refractivity contribution is 6.29. The Labute approximate surface area is 120 Å². The van der Waals surface area contributed by atoms with Gasteiger partial charge in [-0.1, -0.05) is 38.8 Å². The average Bonchev–Trinajstić information content (AvgIpc) is 2.27. The maximum atomic E-state index is 12.3. The molecule has 19 heavy (non-hydrogen) atoms. The Balaban J connectivity index is 2.94. The Kier molecular flexibility index (Phi) is 5.36. The van der Waals surface area contributed by atoms with Crippen LogP contribution in [0.15, 0.2) is 12.1 Å². The Morgan fingerprint density at radius 1 is 1.42 bits per heavy atom. The standard InChI is InChI=1S/C15H23ClN2O/c1-6-7-15(4,5)18-14(19)11-8-12(10(2)3)17-13(16)9-11/h8-10H,6-7H2,1-5H3,(H,18,19). The topological polar surface area (TPSA) is 42.0 Å². The summed E-state index contributed by atoms with van der Waals surface area (Å²) in [5, 5.41) is 3.41.